The molecule has 0 aromatic carbocycles. The third kappa shape index (κ3) is 3.35. The fourth-order valence-electron chi connectivity index (χ4n) is 0.993. The number of aromatic nitrogens is 1. The fourth-order valence-corrected chi connectivity index (χ4v) is 1.25. The van der Waals surface area contributed by atoms with E-state index < -0.39 is 0 Å². The highest BCUT2D eigenvalue weighted by molar-refractivity contribution is 6.31. The van der Waals surface area contributed by atoms with Crippen LogP contribution in [0.1, 0.15) is 18.0 Å². The maximum atomic E-state index is 5.88. The van der Waals surface area contributed by atoms with E-state index >= 15 is 0 Å². The summed E-state index contributed by atoms with van der Waals surface area (Å²) in [6, 6.07) is 1.76. The van der Waals surface area contributed by atoms with E-state index in [9.17, 15) is 0 Å². The third-order valence-corrected chi connectivity index (χ3v) is 1.94. The van der Waals surface area contributed by atoms with Gasteiger partial charge in [-0.3, -0.25) is 4.98 Å². The van der Waals surface area contributed by atoms with Gasteiger partial charge in [0, 0.05) is 18.4 Å². The molecule has 13 heavy (non-hydrogen) atoms. The van der Waals surface area contributed by atoms with Gasteiger partial charge >= 0.3 is 0 Å². The summed E-state index contributed by atoms with van der Waals surface area (Å²) in [5.74, 6) is 0. The van der Waals surface area contributed by atoms with Crippen LogP contribution < -0.4 is 5.73 Å². The number of halogens is 2. The maximum absolute atomic E-state index is 5.88. The second-order valence-corrected chi connectivity index (χ2v) is 2.94. The molecular weight excluding hydrogens is 207 g/mol. The Morgan fingerprint density at radius 1 is 1.69 bits per heavy atom. The lowest BCUT2D eigenvalue weighted by molar-refractivity contribution is 0.740. The van der Waals surface area contributed by atoms with Crippen LogP contribution >= 0.6 is 24.0 Å². The van der Waals surface area contributed by atoms with Crippen LogP contribution in [0.3, 0.4) is 0 Å². The molecule has 0 amide bonds. The van der Waals surface area contributed by atoms with Gasteiger partial charge in [-0.1, -0.05) is 17.7 Å². The molecular formula is C9H12Cl2N2. The minimum Gasteiger partial charge on any atom is -0.324 e. The zero-order chi connectivity index (χ0) is 8.97. The molecule has 1 aromatic rings. The van der Waals surface area contributed by atoms with E-state index in [1.807, 2.05) is 6.07 Å². The lowest BCUT2D eigenvalue weighted by Crippen LogP contribution is -2.09. The van der Waals surface area contributed by atoms with Gasteiger partial charge in [0.25, 0.3) is 0 Å². The molecule has 1 atom stereocenters. The molecule has 0 saturated carbocycles. The van der Waals surface area contributed by atoms with Crippen LogP contribution in [0.2, 0.25) is 5.02 Å². The molecule has 0 aliphatic rings. The molecule has 0 aliphatic carbocycles. The van der Waals surface area contributed by atoms with Crippen molar-refractivity contribution in [2.45, 2.75) is 12.5 Å². The van der Waals surface area contributed by atoms with Crippen molar-refractivity contribution < 1.29 is 0 Å². The summed E-state index contributed by atoms with van der Waals surface area (Å²) in [5, 5.41) is 0.617. The largest absolute Gasteiger partial charge is 0.324 e. The molecule has 4 heteroatoms. The highest BCUT2D eigenvalue weighted by Crippen LogP contribution is 2.21. The third-order valence-electron chi connectivity index (χ3n) is 1.62. The molecule has 0 saturated heterocycles. The van der Waals surface area contributed by atoms with Crippen molar-refractivity contribution in [1.82, 2.24) is 4.98 Å². The number of hydrogen-bond donors (Lipinski definition) is 1. The van der Waals surface area contributed by atoms with Gasteiger partial charge in [-0.2, -0.15) is 0 Å². The van der Waals surface area contributed by atoms with Gasteiger partial charge < -0.3 is 5.73 Å². The maximum Gasteiger partial charge on any atom is 0.0637 e. The van der Waals surface area contributed by atoms with Gasteiger partial charge in [0.05, 0.1) is 5.02 Å². The molecule has 72 valence electrons. The van der Waals surface area contributed by atoms with Crippen molar-refractivity contribution >= 4 is 24.0 Å². The molecule has 2 nitrogen and oxygen atoms in total. The summed E-state index contributed by atoms with van der Waals surface area (Å²) in [4.78, 5) is 3.87. The van der Waals surface area contributed by atoms with Gasteiger partial charge in [0.15, 0.2) is 0 Å². The first-order valence-corrected chi connectivity index (χ1v) is 4.09. The predicted molar refractivity (Wildman–Crippen MR) is 58.2 cm³/mol. The quantitative estimate of drug-likeness (QED) is 0.793. The Morgan fingerprint density at radius 3 is 2.92 bits per heavy atom. The number of hydrogen-bond acceptors (Lipinski definition) is 2. The molecule has 2 N–H and O–H groups in total. The Labute approximate surface area is 89.2 Å². The molecule has 0 bridgehead atoms. The molecule has 1 heterocycles. The number of pyridine rings is 1. The van der Waals surface area contributed by atoms with Gasteiger partial charge in [0.1, 0.15) is 0 Å². The van der Waals surface area contributed by atoms with Crippen molar-refractivity contribution in [3.63, 3.8) is 0 Å². The summed E-state index contributed by atoms with van der Waals surface area (Å²) < 4.78 is 0. The minimum absolute atomic E-state index is 0. The second-order valence-electron chi connectivity index (χ2n) is 2.53. The summed E-state index contributed by atoms with van der Waals surface area (Å²) in [7, 11) is 0. The Bertz CT molecular complexity index is 276. The van der Waals surface area contributed by atoms with Crippen molar-refractivity contribution in [1.29, 1.82) is 0 Å². The zero-order valence-corrected chi connectivity index (χ0v) is 8.68. The van der Waals surface area contributed by atoms with Gasteiger partial charge in [-0.25, -0.2) is 0 Å². The monoisotopic (exact) mass is 218 g/mol. The molecule has 0 spiro atoms. The summed E-state index contributed by atoms with van der Waals surface area (Å²) in [6.07, 6.45) is 5.79. The van der Waals surface area contributed by atoms with Crippen LogP contribution in [-0.4, -0.2) is 4.98 Å². The van der Waals surface area contributed by atoms with Crippen molar-refractivity contribution in [2.24, 2.45) is 5.73 Å². The Morgan fingerprint density at radius 2 is 2.38 bits per heavy atom. The van der Waals surface area contributed by atoms with E-state index in [1.165, 1.54) is 0 Å². The van der Waals surface area contributed by atoms with E-state index in [0.29, 0.717) is 5.02 Å². The Kier molecular flexibility index (Phi) is 5.71. The molecule has 1 aromatic heterocycles. The van der Waals surface area contributed by atoms with Crippen LogP contribution in [0.5, 0.6) is 0 Å². The van der Waals surface area contributed by atoms with Crippen LogP contribution in [0.15, 0.2) is 31.1 Å². The SMILES string of the molecule is C=CC[C@H](N)c1ccncc1Cl.Cl. The molecule has 0 aliphatic heterocycles. The van der Waals surface area contributed by atoms with E-state index in [4.69, 9.17) is 17.3 Å². The Balaban J connectivity index is 0.00000144. The second kappa shape index (κ2) is 5.97. The van der Waals surface area contributed by atoms with Crippen LogP contribution in [0, 0.1) is 0 Å². The molecule has 0 unspecified atom stereocenters. The highest BCUT2D eigenvalue weighted by atomic mass is 35.5. The molecule has 0 fully saturated rings. The van der Waals surface area contributed by atoms with Gasteiger partial charge in [0.2, 0.25) is 0 Å². The lowest BCUT2D eigenvalue weighted by atomic mass is 10.1. The van der Waals surface area contributed by atoms with Crippen LogP contribution in [0.4, 0.5) is 0 Å². The zero-order valence-electron chi connectivity index (χ0n) is 7.11. The average Bonchev–Trinajstić information content (AvgIpc) is 2.05. The average molecular weight is 219 g/mol. The van der Waals surface area contributed by atoms with Crippen LogP contribution in [-0.2, 0) is 0 Å². The lowest BCUT2D eigenvalue weighted by Gasteiger charge is -2.09. The van der Waals surface area contributed by atoms with Gasteiger partial charge in [-0.15, -0.1) is 19.0 Å². The topological polar surface area (TPSA) is 38.9 Å². The normalized spacial score (nSPS) is 11.5. The van der Waals surface area contributed by atoms with Crippen molar-refractivity contribution in [3.05, 3.63) is 41.7 Å². The van der Waals surface area contributed by atoms with E-state index in [1.54, 1.807) is 18.5 Å². The summed E-state index contributed by atoms with van der Waals surface area (Å²) in [5.41, 5.74) is 6.75. The van der Waals surface area contributed by atoms with Gasteiger partial charge in [-0.05, 0) is 18.1 Å². The van der Waals surface area contributed by atoms with Crippen molar-refractivity contribution in [3.8, 4) is 0 Å². The first-order chi connectivity index (χ1) is 5.75. The predicted octanol–water partition coefficient (Wildman–Crippen LogP) is 2.73. The summed E-state index contributed by atoms with van der Waals surface area (Å²) >= 11 is 5.88. The first-order valence-electron chi connectivity index (χ1n) is 3.71. The molecule has 1 rings (SSSR count). The van der Waals surface area contributed by atoms with E-state index in [-0.39, 0.29) is 18.4 Å². The minimum atomic E-state index is -0.0713. The number of nitrogens with zero attached hydrogens (tertiary/aromatic N) is 1. The number of nitrogens with two attached hydrogens (primary N) is 1. The fraction of sp³-hybridized carbons (Fsp3) is 0.222. The highest BCUT2D eigenvalue weighted by Gasteiger charge is 2.07. The first kappa shape index (κ1) is 12.4. The Hall–Kier alpha value is -0.570. The van der Waals surface area contributed by atoms with E-state index in [2.05, 4.69) is 11.6 Å². The van der Waals surface area contributed by atoms with E-state index in [0.717, 1.165) is 12.0 Å². The molecule has 0 radical (unpaired) electrons. The standard InChI is InChI=1S/C9H11ClN2.ClH/c1-2-3-9(11)7-4-5-12-6-8(7)10;/h2,4-6,9H,1,3,11H2;1H/t9-;/m0./s1. The van der Waals surface area contributed by atoms with Crippen molar-refractivity contribution in [2.75, 3.05) is 0 Å². The number of rotatable bonds is 3. The van der Waals surface area contributed by atoms with Crippen LogP contribution in [0.25, 0.3) is 0 Å². The smallest absolute Gasteiger partial charge is 0.0637 e. The summed E-state index contributed by atoms with van der Waals surface area (Å²) in [6.45, 7) is 3.62.